The van der Waals surface area contributed by atoms with Gasteiger partial charge in [-0.3, -0.25) is 0 Å². The zero-order valence-electron chi connectivity index (χ0n) is 9.99. The lowest BCUT2D eigenvalue weighted by molar-refractivity contribution is 0.542. The van der Waals surface area contributed by atoms with Crippen LogP contribution in [-0.4, -0.2) is 26.8 Å². The summed E-state index contributed by atoms with van der Waals surface area (Å²) in [5.41, 5.74) is 5.72. The van der Waals surface area contributed by atoms with Gasteiger partial charge in [0.15, 0.2) is 0 Å². The zero-order chi connectivity index (χ0) is 11.9. The molecule has 0 aliphatic rings. The molecule has 1 atom stereocenters. The summed E-state index contributed by atoms with van der Waals surface area (Å²) < 4.78 is 25.5. The molecule has 3 N–H and O–H groups in total. The van der Waals surface area contributed by atoms with Crippen LogP contribution in [0, 0.1) is 5.92 Å². The zero-order valence-corrected chi connectivity index (χ0v) is 10.8. The van der Waals surface area contributed by atoms with Gasteiger partial charge in [0.05, 0.1) is 5.75 Å². The van der Waals surface area contributed by atoms with Crippen LogP contribution in [0.3, 0.4) is 0 Å². The largest absolute Gasteiger partial charge is 0.327 e. The molecule has 0 bridgehead atoms. The molecule has 0 amide bonds. The molecule has 0 aliphatic heterocycles. The third kappa shape index (κ3) is 8.84. The molecule has 5 heteroatoms. The third-order valence-corrected chi connectivity index (χ3v) is 3.57. The summed E-state index contributed by atoms with van der Waals surface area (Å²) in [5, 5.41) is 0. The molecule has 0 fully saturated rings. The Morgan fingerprint density at radius 1 is 1.27 bits per heavy atom. The topological polar surface area (TPSA) is 72.2 Å². The lowest BCUT2D eigenvalue weighted by Crippen LogP contribution is -2.38. The van der Waals surface area contributed by atoms with Gasteiger partial charge in [0.25, 0.3) is 0 Å². The lowest BCUT2D eigenvalue weighted by atomic mass is 10.2. The second-order valence-electron chi connectivity index (χ2n) is 4.40. The SMILES string of the molecule is CCCC(N)CNS(=O)(=O)CCC(C)C. The number of rotatable bonds is 8. The second kappa shape index (κ2) is 7.19. The monoisotopic (exact) mass is 236 g/mol. The van der Waals surface area contributed by atoms with Crippen LogP contribution in [0.15, 0.2) is 0 Å². The molecule has 0 rings (SSSR count). The Kier molecular flexibility index (Phi) is 7.13. The van der Waals surface area contributed by atoms with Crippen molar-refractivity contribution < 1.29 is 8.42 Å². The van der Waals surface area contributed by atoms with Gasteiger partial charge in [-0.2, -0.15) is 0 Å². The van der Waals surface area contributed by atoms with Crippen molar-refractivity contribution in [2.75, 3.05) is 12.3 Å². The molecular formula is C10H24N2O2S. The molecule has 4 nitrogen and oxygen atoms in total. The summed E-state index contributed by atoms with van der Waals surface area (Å²) in [5.74, 6) is 0.606. The first kappa shape index (κ1) is 14.9. The minimum Gasteiger partial charge on any atom is -0.327 e. The first-order valence-corrected chi connectivity index (χ1v) is 7.25. The van der Waals surface area contributed by atoms with Gasteiger partial charge in [0, 0.05) is 12.6 Å². The predicted octanol–water partition coefficient (Wildman–Crippen LogP) is 1.08. The van der Waals surface area contributed by atoms with Gasteiger partial charge in [0.2, 0.25) is 10.0 Å². The Labute approximate surface area is 93.7 Å². The van der Waals surface area contributed by atoms with Crippen molar-refractivity contribution in [2.24, 2.45) is 11.7 Å². The van der Waals surface area contributed by atoms with E-state index in [9.17, 15) is 8.42 Å². The van der Waals surface area contributed by atoms with E-state index in [1.165, 1.54) is 0 Å². The molecule has 1 unspecified atom stereocenters. The molecule has 0 aliphatic carbocycles. The molecule has 0 aromatic heterocycles. The minimum absolute atomic E-state index is 0.0659. The summed E-state index contributed by atoms with van der Waals surface area (Å²) in [4.78, 5) is 0. The maximum atomic E-state index is 11.5. The predicted molar refractivity (Wildman–Crippen MR) is 64.1 cm³/mol. The molecule has 15 heavy (non-hydrogen) atoms. The van der Waals surface area contributed by atoms with Gasteiger partial charge < -0.3 is 5.73 Å². The Hall–Kier alpha value is -0.130. The number of hydrogen-bond acceptors (Lipinski definition) is 3. The molecule has 0 saturated heterocycles. The van der Waals surface area contributed by atoms with Crippen LogP contribution in [0.1, 0.15) is 40.0 Å². The molecule has 0 aromatic carbocycles. The van der Waals surface area contributed by atoms with E-state index in [0.717, 1.165) is 12.8 Å². The fraction of sp³-hybridized carbons (Fsp3) is 1.00. The van der Waals surface area contributed by atoms with Crippen molar-refractivity contribution >= 4 is 10.0 Å². The fourth-order valence-electron chi connectivity index (χ4n) is 1.17. The van der Waals surface area contributed by atoms with E-state index in [0.29, 0.717) is 18.9 Å². The Bertz CT molecular complexity index is 250. The van der Waals surface area contributed by atoms with Gasteiger partial charge in [-0.05, 0) is 18.8 Å². The Morgan fingerprint density at radius 2 is 1.87 bits per heavy atom. The highest BCUT2D eigenvalue weighted by Gasteiger charge is 2.12. The maximum Gasteiger partial charge on any atom is 0.211 e. The van der Waals surface area contributed by atoms with E-state index in [-0.39, 0.29) is 11.8 Å². The van der Waals surface area contributed by atoms with Crippen molar-refractivity contribution in [3.05, 3.63) is 0 Å². The number of hydrogen-bond donors (Lipinski definition) is 2. The van der Waals surface area contributed by atoms with Crippen LogP contribution < -0.4 is 10.5 Å². The number of sulfonamides is 1. The highest BCUT2D eigenvalue weighted by molar-refractivity contribution is 7.89. The average Bonchev–Trinajstić information content (AvgIpc) is 2.13. The van der Waals surface area contributed by atoms with Crippen LogP contribution in [0.4, 0.5) is 0 Å². The standard InChI is InChI=1S/C10H24N2O2S/c1-4-5-10(11)8-12-15(13,14)7-6-9(2)3/h9-10,12H,4-8,11H2,1-3H3. The van der Waals surface area contributed by atoms with Gasteiger partial charge >= 0.3 is 0 Å². The summed E-state index contributed by atoms with van der Waals surface area (Å²) in [6.07, 6.45) is 2.53. The summed E-state index contributed by atoms with van der Waals surface area (Å²) in [6, 6.07) is -0.0659. The van der Waals surface area contributed by atoms with Gasteiger partial charge in [-0.15, -0.1) is 0 Å². The molecule has 0 heterocycles. The van der Waals surface area contributed by atoms with Crippen molar-refractivity contribution in [2.45, 2.75) is 46.1 Å². The summed E-state index contributed by atoms with van der Waals surface area (Å²) in [7, 11) is -3.12. The second-order valence-corrected chi connectivity index (χ2v) is 6.33. The minimum atomic E-state index is -3.12. The van der Waals surface area contributed by atoms with Crippen LogP contribution in [0.5, 0.6) is 0 Å². The molecule has 0 aromatic rings. The molecule has 0 spiro atoms. The molecule has 0 radical (unpaired) electrons. The first-order valence-electron chi connectivity index (χ1n) is 5.60. The Balaban J connectivity index is 3.83. The van der Waals surface area contributed by atoms with Gasteiger partial charge in [-0.25, -0.2) is 13.1 Å². The van der Waals surface area contributed by atoms with E-state index in [2.05, 4.69) is 4.72 Å². The number of nitrogens with one attached hydrogen (secondary N) is 1. The van der Waals surface area contributed by atoms with E-state index >= 15 is 0 Å². The van der Waals surface area contributed by atoms with Crippen LogP contribution >= 0.6 is 0 Å². The van der Waals surface area contributed by atoms with Gasteiger partial charge in [0.1, 0.15) is 0 Å². The molecule has 0 saturated carbocycles. The normalized spacial score (nSPS) is 14.5. The van der Waals surface area contributed by atoms with Crippen LogP contribution in [0.2, 0.25) is 0 Å². The summed E-state index contributed by atoms with van der Waals surface area (Å²) >= 11 is 0. The molecular weight excluding hydrogens is 212 g/mol. The average molecular weight is 236 g/mol. The lowest BCUT2D eigenvalue weighted by Gasteiger charge is -2.12. The Morgan fingerprint density at radius 3 is 2.33 bits per heavy atom. The smallest absolute Gasteiger partial charge is 0.211 e. The van der Waals surface area contributed by atoms with Gasteiger partial charge in [-0.1, -0.05) is 27.2 Å². The van der Waals surface area contributed by atoms with E-state index in [4.69, 9.17) is 5.73 Å². The van der Waals surface area contributed by atoms with Crippen molar-refractivity contribution in [1.82, 2.24) is 4.72 Å². The summed E-state index contributed by atoms with van der Waals surface area (Å²) in [6.45, 7) is 6.41. The van der Waals surface area contributed by atoms with E-state index in [1.807, 2.05) is 20.8 Å². The number of nitrogens with two attached hydrogens (primary N) is 1. The van der Waals surface area contributed by atoms with Crippen LogP contribution in [-0.2, 0) is 10.0 Å². The van der Waals surface area contributed by atoms with Crippen molar-refractivity contribution in [1.29, 1.82) is 0 Å². The quantitative estimate of drug-likeness (QED) is 0.662. The van der Waals surface area contributed by atoms with E-state index in [1.54, 1.807) is 0 Å². The molecule has 92 valence electrons. The van der Waals surface area contributed by atoms with E-state index < -0.39 is 10.0 Å². The maximum absolute atomic E-state index is 11.5. The first-order chi connectivity index (χ1) is 6.87. The fourth-order valence-corrected chi connectivity index (χ4v) is 2.56. The van der Waals surface area contributed by atoms with Crippen LogP contribution in [0.25, 0.3) is 0 Å². The third-order valence-electron chi connectivity index (χ3n) is 2.19. The van der Waals surface area contributed by atoms with Crippen molar-refractivity contribution in [3.63, 3.8) is 0 Å². The van der Waals surface area contributed by atoms with Crippen molar-refractivity contribution in [3.8, 4) is 0 Å². The highest BCUT2D eigenvalue weighted by atomic mass is 32.2. The highest BCUT2D eigenvalue weighted by Crippen LogP contribution is 2.02.